The molecule has 0 saturated carbocycles. The molecule has 0 unspecified atom stereocenters. The molecule has 0 aromatic heterocycles. The number of nitrogens with one attached hydrogen (secondary N) is 1. The number of hydrogen-bond donors (Lipinski definition) is 1. The second-order valence-corrected chi connectivity index (χ2v) is 5.91. The highest BCUT2D eigenvalue weighted by molar-refractivity contribution is 9.10. The van der Waals surface area contributed by atoms with Gasteiger partial charge in [0.2, 0.25) is 0 Å². The van der Waals surface area contributed by atoms with Crippen molar-refractivity contribution in [2.24, 2.45) is 0 Å². The van der Waals surface area contributed by atoms with Gasteiger partial charge >= 0.3 is 0 Å². The zero-order valence-corrected chi connectivity index (χ0v) is 14.8. The summed E-state index contributed by atoms with van der Waals surface area (Å²) in [4.78, 5) is 12.4. The van der Waals surface area contributed by atoms with Gasteiger partial charge in [-0.1, -0.05) is 23.2 Å². The molecule has 0 fully saturated rings. The van der Waals surface area contributed by atoms with Crippen LogP contribution in [0, 0.1) is 0 Å². The van der Waals surface area contributed by atoms with Crippen molar-refractivity contribution in [2.45, 2.75) is 0 Å². The minimum absolute atomic E-state index is 0.353. The third kappa shape index (κ3) is 3.66. The molecule has 1 N–H and O–H groups in total. The third-order valence-corrected chi connectivity index (χ3v) is 4.23. The van der Waals surface area contributed by atoms with E-state index in [0.717, 1.165) is 0 Å². The van der Waals surface area contributed by atoms with Crippen LogP contribution in [0.1, 0.15) is 10.4 Å². The molecule has 0 aliphatic rings. The van der Waals surface area contributed by atoms with Crippen molar-refractivity contribution in [1.82, 2.24) is 0 Å². The number of hydrogen-bond acceptors (Lipinski definition) is 3. The van der Waals surface area contributed by atoms with E-state index < -0.39 is 0 Å². The number of ether oxygens (including phenoxy) is 2. The molecule has 2 rings (SSSR count). The predicted molar refractivity (Wildman–Crippen MR) is 91.7 cm³/mol. The smallest absolute Gasteiger partial charge is 0.255 e. The SMILES string of the molecule is COc1cc(C(=O)Nc2cc(Cl)ccc2Cl)cc(OC)c1Br. The molecule has 0 atom stereocenters. The van der Waals surface area contributed by atoms with Crippen LogP contribution in [0.25, 0.3) is 0 Å². The summed E-state index contributed by atoms with van der Waals surface area (Å²) in [5.41, 5.74) is 0.799. The maximum atomic E-state index is 12.4. The summed E-state index contributed by atoms with van der Waals surface area (Å²) in [6.07, 6.45) is 0. The molecule has 0 radical (unpaired) electrons. The molecular weight excluding hydrogens is 393 g/mol. The summed E-state index contributed by atoms with van der Waals surface area (Å²) in [6.45, 7) is 0. The Balaban J connectivity index is 2.35. The van der Waals surface area contributed by atoms with Crippen molar-refractivity contribution >= 4 is 50.7 Å². The Morgan fingerprint density at radius 1 is 1.09 bits per heavy atom. The normalized spacial score (nSPS) is 10.2. The van der Waals surface area contributed by atoms with Crippen molar-refractivity contribution in [1.29, 1.82) is 0 Å². The highest BCUT2D eigenvalue weighted by atomic mass is 79.9. The van der Waals surface area contributed by atoms with Crippen LogP contribution < -0.4 is 14.8 Å². The van der Waals surface area contributed by atoms with Gasteiger partial charge in [-0.2, -0.15) is 0 Å². The van der Waals surface area contributed by atoms with Gasteiger partial charge in [-0.25, -0.2) is 0 Å². The molecule has 4 nitrogen and oxygen atoms in total. The standard InChI is InChI=1S/C15H12BrCl2NO3/c1-21-12-5-8(6-13(22-2)14(12)16)15(20)19-11-7-9(17)3-4-10(11)18/h3-7H,1-2H3,(H,19,20). The largest absolute Gasteiger partial charge is 0.495 e. The van der Waals surface area contributed by atoms with Gasteiger partial charge in [0, 0.05) is 10.6 Å². The van der Waals surface area contributed by atoms with Crippen molar-refractivity contribution in [3.05, 3.63) is 50.4 Å². The first-order chi connectivity index (χ1) is 10.5. The number of halogens is 3. The Kier molecular flexibility index (Phi) is 5.56. The van der Waals surface area contributed by atoms with Gasteiger partial charge in [0.25, 0.3) is 5.91 Å². The van der Waals surface area contributed by atoms with E-state index in [-0.39, 0.29) is 5.91 Å². The lowest BCUT2D eigenvalue weighted by molar-refractivity contribution is 0.102. The lowest BCUT2D eigenvalue weighted by atomic mass is 10.1. The van der Waals surface area contributed by atoms with Gasteiger partial charge in [-0.15, -0.1) is 0 Å². The first-order valence-electron chi connectivity index (χ1n) is 6.14. The fourth-order valence-electron chi connectivity index (χ4n) is 1.79. The first kappa shape index (κ1) is 16.9. The van der Waals surface area contributed by atoms with E-state index in [9.17, 15) is 4.79 Å². The summed E-state index contributed by atoms with van der Waals surface area (Å²) in [6, 6.07) is 8.03. The molecule has 22 heavy (non-hydrogen) atoms. The second-order valence-electron chi connectivity index (χ2n) is 4.27. The summed E-state index contributed by atoms with van der Waals surface area (Å²) in [7, 11) is 3.02. The number of anilines is 1. The molecule has 0 saturated heterocycles. The quantitative estimate of drug-likeness (QED) is 0.777. The Morgan fingerprint density at radius 3 is 2.23 bits per heavy atom. The van der Waals surface area contributed by atoms with Crippen LogP contribution in [0.3, 0.4) is 0 Å². The van der Waals surface area contributed by atoms with E-state index in [4.69, 9.17) is 32.7 Å². The average molecular weight is 405 g/mol. The van der Waals surface area contributed by atoms with E-state index in [1.165, 1.54) is 14.2 Å². The Labute approximate surface area is 146 Å². The maximum absolute atomic E-state index is 12.4. The van der Waals surface area contributed by atoms with Crippen LogP contribution in [0.4, 0.5) is 5.69 Å². The first-order valence-corrected chi connectivity index (χ1v) is 7.69. The molecule has 0 spiro atoms. The number of rotatable bonds is 4. The topological polar surface area (TPSA) is 47.6 Å². The monoisotopic (exact) mass is 403 g/mol. The molecule has 0 aliphatic heterocycles. The number of carbonyl (C=O) groups excluding carboxylic acids is 1. The predicted octanol–water partition coefficient (Wildman–Crippen LogP) is 5.03. The van der Waals surface area contributed by atoms with Crippen LogP contribution >= 0.6 is 39.1 Å². The molecule has 2 aromatic rings. The van der Waals surface area contributed by atoms with Gasteiger partial charge in [0.1, 0.15) is 16.0 Å². The molecule has 0 aliphatic carbocycles. The number of methoxy groups -OCH3 is 2. The fourth-order valence-corrected chi connectivity index (χ4v) is 2.68. The van der Waals surface area contributed by atoms with Gasteiger partial charge in [0.05, 0.1) is 24.9 Å². The Bertz CT molecular complexity index is 697. The minimum atomic E-state index is -0.353. The van der Waals surface area contributed by atoms with E-state index in [2.05, 4.69) is 21.2 Å². The van der Waals surface area contributed by atoms with Gasteiger partial charge < -0.3 is 14.8 Å². The van der Waals surface area contributed by atoms with E-state index in [0.29, 0.717) is 37.3 Å². The number of carbonyl (C=O) groups is 1. The Morgan fingerprint density at radius 2 is 1.68 bits per heavy atom. The van der Waals surface area contributed by atoms with E-state index in [1.807, 2.05) is 0 Å². The molecule has 0 bridgehead atoms. The van der Waals surface area contributed by atoms with Crippen LogP contribution in [0.5, 0.6) is 11.5 Å². The maximum Gasteiger partial charge on any atom is 0.255 e. The van der Waals surface area contributed by atoms with E-state index >= 15 is 0 Å². The average Bonchev–Trinajstić information content (AvgIpc) is 2.51. The summed E-state index contributed by atoms with van der Waals surface area (Å²) >= 11 is 15.3. The lowest BCUT2D eigenvalue weighted by Crippen LogP contribution is -2.12. The molecular formula is C15H12BrCl2NO3. The van der Waals surface area contributed by atoms with Gasteiger partial charge in [-0.05, 0) is 46.3 Å². The van der Waals surface area contributed by atoms with Gasteiger partial charge in [0.15, 0.2) is 0 Å². The summed E-state index contributed by atoms with van der Waals surface area (Å²) in [5.74, 6) is 0.622. The number of benzene rings is 2. The second kappa shape index (κ2) is 7.22. The molecule has 1 amide bonds. The molecule has 116 valence electrons. The van der Waals surface area contributed by atoms with E-state index in [1.54, 1.807) is 30.3 Å². The minimum Gasteiger partial charge on any atom is -0.495 e. The van der Waals surface area contributed by atoms with Crippen LogP contribution in [-0.4, -0.2) is 20.1 Å². The third-order valence-electron chi connectivity index (χ3n) is 2.88. The van der Waals surface area contributed by atoms with Crippen LogP contribution in [-0.2, 0) is 0 Å². The van der Waals surface area contributed by atoms with Crippen molar-refractivity contribution in [2.75, 3.05) is 19.5 Å². The highest BCUT2D eigenvalue weighted by Gasteiger charge is 2.15. The van der Waals surface area contributed by atoms with Crippen molar-refractivity contribution in [3.63, 3.8) is 0 Å². The fraction of sp³-hybridized carbons (Fsp3) is 0.133. The van der Waals surface area contributed by atoms with Crippen molar-refractivity contribution in [3.8, 4) is 11.5 Å². The zero-order valence-electron chi connectivity index (χ0n) is 11.7. The summed E-state index contributed by atoms with van der Waals surface area (Å²) < 4.78 is 11.1. The lowest BCUT2D eigenvalue weighted by Gasteiger charge is -2.12. The van der Waals surface area contributed by atoms with Crippen LogP contribution in [0.2, 0.25) is 10.0 Å². The van der Waals surface area contributed by atoms with Crippen molar-refractivity contribution < 1.29 is 14.3 Å². The molecule has 2 aromatic carbocycles. The molecule has 0 heterocycles. The molecule has 7 heteroatoms. The number of amides is 1. The van der Waals surface area contributed by atoms with Gasteiger partial charge in [-0.3, -0.25) is 4.79 Å². The Hall–Kier alpha value is -1.43. The zero-order chi connectivity index (χ0) is 16.3. The van der Waals surface area contributed by atoms with Crippen LogP contribution in [0.15, 0.2) is 34.8 Å². The summed E-state index contributed by atoms with van der Waals surface area (Å²) in [5, 5.41) is 3.58. The highest BCUT2D eigenvalue weighted by Crippen LogP contribution is 2.36.